The molecule has 0 aliphatic carbocycles. The fourth-order valence-electron chi connectivity index (χ4n) is 2.90. The molecule has 15 heavy (non-hydrogen) atoms. The van der Waals surface area contributed by atoms with Crippen LogP contribution in [0, 0.1) is 5.82 Å². The van der Waals surface area contributed by atoms with E-state index in [1.807, 2.05) is 6.07 Å². The van der Waals surface area contributed by atoms with E-state index in [0.717, 1.165) is 31.5 Å². The number of halogens is 1. The van der Waals surface area contributed by atoms with E-state index in [9.17, 15) is 4.39 Å². The summed E-state index contributed by atoms with van der Waals surface area (Å²) >= 11 is 0. The van der Waals surface area contributed by atoms with Crippen LogP contribution in [0.15, 0.2) is 18.2 Å². The highest BCUT2D eigenvalue weighted by molar-refractivity contribution is 5.35. The highest BCUT2D eigenvalue weighted by Crippen LogP contribution is 2.36. The molecule has 1 fully saturated rings. The van der Waals surface area contributed by atoms with Gasteiger partial charge in [0.25, 0.3) is 0 Å². The van der Waals surface area contributed by atoms with Crippen LogP contribution < -0.4 is 5.73 Å². The Hall–Kier alpha value is -0.930. The van der Waals surface area contributed by atoms with Gasteiger partial charge in [0.05, 0.1) is 6.04 Å². The molecule has 2 atom stereocenters. The fourth-order valence-corrected chi connectivity index (χ4v) is 2.90. The second kappa shape index (κ2) is 3.29. The minimum absolute atomic E-state index is 0.131. The Labute approximate surface area is 88.9 Å². The van der Waals surface area contributed by atoms with Gasteiger partial charge in [-0.15, -0.1) is 0 Å². The molecule has 2 nitrogen and oxygen atoms in total. The van der Waals surface area contributed by atoms with Gasteiger partial charge in [0.2, 0.25) is 0 Å². The third-order valence-corrected chi connectivity index (χ3v) is 3.64. The maximum absolute atomic E-state index is 13.1. The van der Waals surface area contributed by atoms with Crippen LogP contribution in [0.2, 0.25) is 0 Å². The zero-order chi connectivity index (χ0) is 10.4. The van der Waals surface area contributed by atoms with Gasteiger partial charge in [-0.25, -0.2) is 4.39 Å². The standard InChI is InChI=1S/C12H15FN2/c13-9-1-2-10-8(7-9)3-5-15-6-4-11(14)12(10)15/h1-2,7,11-12H,3-6,14H2/t11?,12-/m0/s1. The van der Waals surface area contributed by atoms with Crippen molar-refractivity contribution in [1.82, 2.24) is 4.90 Å². The van der Waals surface area contributed by atoms with Gasteiger partial charge >= 0.3 is 0 Å². The van der Waals surface area contributed by atoms with Crippen LogP contribution in [0.1, 0.15) is 23.6 Å². The summed E-state index contributed by atoms with van der Waals surface area (Å²) in [6, 6.07) is 5.67. The summed E-state index contributed by atoms with van der Waals surface area (Å²) in [5.41, 5.74) is 8.50. The Balaban J connectivity index is 2.06. The Morgan fingerprint density at radius 3 is 3.07 bits per heavy atom. The van der Waals surface area contributed by atoms with Gasteiger partial charge in [0, 0.05) is 19.1 Å². The molecule has 1 aromatic rings. The van der Waals surface area contributed by atoms with E-state index in [-0.39, 0.29) is 11.9 Å². The molecule has 2 N–H and O–H groups in total. The Morgan fingerprint density at radius 1 is 1.33 bits per heavy atom. The van der Waals surface area contributed by atoms with Crippen LogP contribution in [0.3, 0.4) is 0 Å². The molecule has 1 aromatic carbocycles. The molecule has 0 aromatic heterocycles. The summed E-state index contributed by atoms with van der Waals surface area (Å²) in [4.78, 5) is 2.42. The van der Waals surface area contributed by atoms with Gasteiger partial charge in [0.1, 0.15) is 5.82 Å². The zero-order valence-electron chi connectivity index (χ0n) is 8.62. The molecule has 2 aliphatic heterocycles. The number of hydrogen-bond acceptors (Lipinski definition) is 2. The van der Waals surface area contributed by atoms with Gasteiger partial charge in [-0.3, -0.25) is 4.90 Å². The first kappa shape index (κ1) is 9.31. The first-order valence-electron chi connectivity index (χ1n) is 5.53. The van der Waals surface area contributed by atoms with E-state index in [1.54, 1.807) is 12.1 Å². The van der Waals surface area contributed by atoms with Crippen molar-refractivity contribution in [2.45, 2.75) is 24.9 Å². The predicted octanol–water partition coefficient (Wildman–Crippen LogP) is 1.46. The molecule has 0 bridgehead atoms. The highest BCUT2D eigenvalue weighted by atomic mass is 19.1. The third kappa shape index (κ3) is 1.38. The van der Waals surface area contributed by atoms with Crippen molar-refractivity contribution < 1.29 is 4.39 Å². The molecule has 0 radical (unpaired) electrons. The molecule has 3 heteroatoms. The van der Waals surface area contributed by atoms with E-state index in [0.29, 0.717) is 6.04 Å². The second-order valence-corrected chi connectivity index (χ2v) is 4.53. The van der Waals surface area contributed by atoms with Crippen molar-refractivity contribution in [3.05, 3.63) is 35.1 Å². The molecule has 2 aliphatic rings. The maximum Gasteiger partial charge on any atom is 0.123 e. The molecule has 0 amide bonds. The minimum Gasteiger partial charge on any atom is -0.326 e. The molecule has 1 saturated heterocycles. The largest absolute Gasteiger partial charge is 0.326 e. The lowest BCUT2D eigenvalue weighted by Crippen LogP contribution is -2.37. The summed E-state index contributed by atoms with van der Waals surface area (Å²) < 4.78 is 13.1. The van der Waals surface area contributed by atoms with Crippen molar-refractivity contribution in [2.24, 2.45) is 5.73 Å². The summed E-state index contributed by atoms with van der Waals surface area (Å²) in [6.07, 6.45) is 2.01. The number of nitrogens with zero attached hydrogens (tertiary/aromatic N) is 1. The first-order valence-corrected chi connectivity index (χ1v) is 5.53. The maximum atomic E-state index is 13.1. The normalized spacial score (nSPS) is 30.0. The van der Waals surface area contributed by atoms with Crippen LogP contribution in [0.4, 0.5) is 4.39 Å². The van der Waals surface area contributed by atoms with Crippen LogP contribution >= 0.6 is 0 Å². The lowest BCUT2D eigenvalue weighted by molar-refractivity contribution is 0.234. The molecule has 3 rings (SSSR count). The van der Waals surface area contributed by atoms with Crippen molar-refractivity contribution in [1.29, 1.82) is 0 Å². The topological polar surface area (TPSA) is 29.3 Å². The first-order chi connectivity index (χ1) is 7.25. The van der Waals surface area contributed by atoms with E-state index in [1.165, 1.54) is 5.56 Å². The smallest absolute Gasteiger partial charge is 0.123 e. The minimum atomic E-state index is -0.131. The number of rotatable bonds is 0. The number of hydrogen-bond donors (Lipinski definition) is 1. The predicted molar refractivity (Wildman–Crippen MR) is 57.0 cm³/mol. The summed E-state index contributed by atoms with van der Waals surface area (Å²) in [5, 5.41) is 0. The number of benzene rings is 1. The fraction of sp³-hybridized carbons (Fsp3) is 0.500. The Kier molecular flexibility index (Phi) is 2.04. The highest BCUT2D eigenvalue weighted by Gasteiger charge is 2.36. The van der Waals surface area contributed by atoms with Crippen LogP contribution in [0.25, 0.3) is 0 Å². The van der Waals surface area contributed by atoms with E-state index < -0.39 is 0 Å². The van der Waals surface area contributed by atoms with E-state index >= 15 is 0 Å². The van der Waals surface area contributed by atoms with Gasteiger partial charge < -0.3 is 5.73 Å². The molecular formula is C12H15FN2. The molecule has 0 saturated carbocycles. The van der Waals surface area contributed by atoms with Gasteiger partial charge in [-0.1, -0.05) is 6.07 Å². The van der Waals surface area contributed by atoms with E-state index in [4.69, 9.17) is 5.73 Å². The third-order valence-electron chi connectivity index (χ3n) is 3.64. The van der Waals surface area contributed by atoms with Gasteiger partial charge in [-0.05, 0) is 36.1 Å². The van der Waals surface area contributed by atoms with Crippen molar-refractivity contribution in [2.75, 3.05) is 13.1 Å². The molecular weight excluding hydrogens is 191 g/mol. The summed E-state index contributed by atoms with van der Waals surface area (Å²) in [6.45, 7) is 2.11. The lowest BCUT2D eigenvalue weighted by Gasteiger charge is -2.33. The van der Waals surface area contributed by atoms with Gasteiger partial charge in [-0.2, -0.15) is 0 Å². The quantitative estimate of drug-likeness (QED) is 0.696. The monoisotopic (exact) mass is 206 g/mol. The SMILES string of the molecule is NC1CCN2CCc3cc(F)ccc3[C@@H]12. The van der Waals surface area contributed by atoms with Crippen molar-refractivity contribution >= 4 is 0 Å². The van der Waals surface area contributed by atoms with Gasteiger partial charge in [0.15, 0.2) is 0 Å². The van der Waals surface area contributed by atoms with E-state index in [2.05, 4.69) is 4.90 Å². The van der Waals surface area contributed by atoms with Crippen LogP contribution in [-0.4, -0.2) is 24.0 Å². The number of nitrogens with two attached hydrogens (primary N) is 1. The van der Waals surface area contributed by atoms with Crippen molar-refractivity contribution in [3.63, 3.8) is 0 Å². The molecule has 1 unspecified atom stereocenters. The Bertz CT molecular complexity index is 391. The number of fused-ring (bicyclic) bond motifs is 3. The summed E-state index contributed by atoms with van der Waals surface area (Å²) in [5.74, 6) is -0.131. The molecule has 2 heterocycles. The molecule has 80 valence electrons. The summed E-state index contributed by atoms with van der Waals surface area (Å²) in [7, 11) is 0. The molecule has 0 spiro atoms. The van der Waals surface area contributed by atoms with Crippen LogP contribution in [-0.2, 0) is 6.42 Å². The average Bonchev–Trinajstić information content (AvgIpc) is 2.60. The zero-order valence-corrected chi connectivity index (χ0v) is 8.62. The lowest BCUT2D eigenvalue weighted by atomic mass is 9.91. The van der Waals surface area contributed by atoms with Crippen LogP contribution in [0.5, 0.6) is 0 Å². The Morgan fingerprint density at radius 2 is 2.20 bits per heavy atom. The second-order valence-electron chi connectivity index (χ2n) is 4.53. The van der Waals surface area contributed by atoms with Crippen molar-refractivity contribution in [3.8, 4) is 0 Å². The average molecular weight is 206 g/mol.